The molecule has 4 nitrogen and oxygen atoms in total. The Morgan fingerprint density at radius 2 is 2.00 bits per heavy atom. The minimum absolute atomic E-state index is 0.126. The number of nitrogens with zero attached hydrogens (tertiary/aromatic N) is 2. The van der Waals surface area contributed by atoms with Crippen molar-refractivity contribution in [1.82, 2.24) is 20.3 Å². The molecule has 2 rings (SSSR count). The van der Waals surface area contributed by atoms with Gasteiger partial charge >= 0.3 is 6.18 Å². The molecule has 0 bridgehead atoms. The summed E-state index contributed by atoms with van der Waals surface area (Å²) >= 11 is 0. The minimum Gasteiger partial charge on any atom is -0.344 e. The number of halogens is 3. The van der Waals surface area contributed by atoms with Gasteiger partial charge in [0.1, 0.15) is 5.82 Å². The molecule has 2 aromatic heterocycles. The lowest BCUT2D eigenvalue weighted by atomic mass is 10.1. The van der Waals surface area contributed by atoms with E-state index in [0.717, 1.165) is 5.56 Å². The third-order valence-corrected chi connectivity index (χ3v) is 2.68. The van der Waals surface area contributed by atoms with Gasteiger partial charge in [-0.3, -0.25) is 4.98 Å². The molecule has 0 aliphatic heterocycles. The van der Waals surface area contributed by atoms with E-state index in [2.05, 4.69) is 20.3 Å². The van der Waals surface area contributed by atoms with Crippen LogP contribution in [0.4, 0.5) is 13.2 Å². The van der Waals surface area contributed by atoms with Crippen LogP contribution >= 0.6 is 0 Å². The fraction of sp³-hybridized carbons (Fsp3) is 0.333. The van der Waals surface area contributed by atoms with Gasteiger partial charge in [-0.1, -0.05) is 0 Å². The van der Waals surface area contributed by atoms with Crippen molar-refractivity contribution in [2.24, 2.45) is 0 Å². The van der Waals surface area contributed by atoms with Crippen LogP contribution in [0.5, 0.6) is 0 Å². The molecule has 2 heterocycles. The molecular formula is C12H13F3N4. The molecule has 0 saturated heterocycles. The van der Waals surface area contributed by atoms with Crippen molar-refractivity contribution in [2.45, 2.75) is 18.6 Å². The molecule has 19 heavy (non-hydrogen) atoms. The van der Waals surface area contributed by atoms with Crippen molar-refractivity contribution in [2.75, 3.05) is 7.05 Å². The minimum atomic E-state index is -4.37. The number of alkyl halides is 3. The second kappa shape index (κ2) is 5.40. The first-order valence-corrected chi connectivity index (χ1v) is 5.67. The number of imidazole rings is 1. The number of hydrogen-bond acceptors (Lipinski definition) is 3. The first-order valence-electron chi connectivity index (χ1n) is 5.67. The van der Waals surface area contributed by atoms with Crippen LogP contribution in [0.2, 0.25) is 0 Å². The highest BCUT2D eigenvalue weighted by atomic mass is 19.4. The van der Waals surface area contributed by atoms with E-state index in [4.69, 9.17) is 0 Å². The summed E-state index contributed by atoms with van der Waals surface area (Å²) in [5.41, 5.74) is 1.59. The molecule has 7 heteroatoms. The zero-order valence-electron chi connectivity index (χ0n) is 10.2. The molecule has 0 aliphatic rings. The molecule has 0 unspecified atom stereocenters. The van der Waals surface area contributed by atoms with E-state index < -0.39 is 12.2 Å². The van der Waals surface area contributed by atoms with Crippen molar-refractivity contribution in [3.05, 3.63) is 47.8 Å². The summed E-state index contributed by atoms with van der Waals surface area (Å²) in [6.07, 6.45) is 0.813. The number of H-pyrrole nitrogens is 1. The summed E-state index contributed by atoms with van der Waals surface area (Å²) in [7, 11) is 1.25. The van der Waals surface area contributed by atoms with Crippen LogP contribution < -0.4 is 5.32 Å². The third-order valence-electron chi connectivity index (χ3n) is 2.68. The molecule has 2 aromatic rings. The first kappa shape index (κ1) is 13.5. The number of nitrogens with one attached hydrogen (secondary N) is 2. The average molecular weight is 270 g/mol. The van der Waals surface area contributed by atoms with Crippen LogP contribution in [0.15, 0.2) is 30.7 Å². The van der Waals surface area contributed by atoms with Gasteiger partial charge in [0.25, 0.3) is 0 Å². The molecule has 0 spiro atoms. The van der Waals surface area contributed by atoms with Crippen LogP contribution in [-0.2, 0) is 6.42 Å². The van der Waals surface area contributed by atoms with Crippen LogP contribution in [0.25, 0.3) is 0 Å². The summed E-state index contributed by atoms with van der Waals surface area (Å²) < 4.78 is 38.1. The van der Waals surface area contributed by atoms with Crippen molar-refractivity contribution in [1.29, 1.82) is 0 Å². The van der Waals surface area contributed by atoms with E-state index >= 15 is 0 Å². The summed E-state index contributed by atoms with van der Waals surface area (Å²) in [6, 6.07) is 1.83. The molecule has 0 amide bonds. The maximum Gasteiger partial charge on any atom is 0.410 e. The summed E-state index contributed by atoms with van der Waals surface area (Å²) in [6.45, 7) is 0. The van der Waals surface area contributed by atoms with Crippen LogP contribution in [0.3, 0.4) is 0 Å². The zero-order valence-corrected chi connectivity index (χ0v) is 10.2. The zero-order chi connectivity index (χ0) is 13.9. The Morgan fingerprint density at radius 3 is 2.58 bits per heavy atom. The lowest BCUT2D eigenvalue weighted by Gasteiger charge is -2.16. The van der Waals surface area contributed by atoms with Gasteiger partial charge in [-0.25, -0.2) is 4.98 Å². The Bertz CT molecular complexity index is 521. The third kappa shape index (κ3) is 3.31. The molecule has 0 aliphatic carbocycles. The number of aromatic amines is 1. The van der Waals surface area contributed by atoms with Gasteiger partial charge in [0, 0.05) is 30.7 Å². The van der Waals surface area contributed by atoms with Gasteiger partial charge in [-0.2, -0.15) is 13.2 Å². The molecule has 0 radical (unpaired) electrons. The van der Waals surface area contributed by atoms with Crippen molar-refractivity contribution >= 4 is 0 Å². The van der Waals surface area contributed by atoms with E-state index in [1.165, 1.54) is 13.2 Å². The second-order valence-corrected chi connectivity index (χ2v) is 4.09. The standard InChI is InChI=1S/C12H13F3N4/c1-16-10(12(13,14)15)11-18-7-9(19-11)6-8-2-4-17-5-3-8/h2-5,7,10,16H,6H2,1H3,(H,18,19)/t10-/m0/s1. The van der Waals surface area contributed by atoms with Gasteiger partial charge in [0.2, 0.25) is 0 Å². The van der Waals surface area contributed by atoms with Crippen molar-refractivity contribution in [3.8, 4) is 0 Å². The highest BCUT2D eigenvalue weighted by Gasteiger charge is 2.41. The van der Waals surface area contributed by atoms with Crippen LogP contribution in [0, 0.1) is 0 Å². The van der Waals surface area contributed by atoms with Crippen molar-refractivity contribution in [3.63, 3.8) is 0 Å². The lowest BCUT2D eigenvalue weighted by molar-refractivity contribution is -0.158. The van der Waals surface area contributed by atoms with Gasteiger partial charge in [-0.15, -0.1) is 0 Å². The highest BCUT2D eigenvalue weighted by molar-refractivity contribution is 5.19. The van der Waals surface area contributed by atoms with E-state index in [1.807, 2.05) is 0 Å². The van der Waals surface area contributed by atoms with E-state index in [9.17, 15) is 13.2 Å². The summed E-state index contributed by atoms with van der Waals surface area (Å²) in [5, 5.41) is 2.21. The smallest absolute Gasteiger partial charge is 0.344 e. The molecule has 2 N–H and O–H groups in total. The van der Waals surface area contributed by atoms with Gasteiger partial charge in [-0.05, 0) is 24.7 Å². The first-order chi connectivity index (χ1) is 9.00. The van der Waals surface area contributed by atoms with Crippen LogP contribution in [0.1, 0.15) is 23.1 Å². The fourth-order valence-electron chi connectivity index (χ4n) is 1.79. The SMILES string of the molecule is CN[C@@H](c1ncc(Cc2ccncc2)[nH]1)C(F)(F)F. The average Bonchev–Trinajstić information content (AvgIpc) is 2.77. The second-order valence-electron chi connectivity index (χ2n) is 4.09. The number of aromatic nitrogens is 3. The van der Waals surface area contributed by atoms with Gasteiger partial charge in [0.15, 0.2) is 6.04 Å². The van der Waals surface area contributed by atoms with E-state index in [-0.39, 0.29) is 5.82 Å². The fourth-order valence-corrected chi connectivity index (χ4v) is 1.79. The van der Waals surface area contributed by atoms with Gasteiger partial charge < -0.3 is 10.3 Å². The monoisotopic (exact) mass is 270 g/mol. The molecule has 0 saturated carbocycles. The summed E-state index contributed by atoms with van der Waals surface area (Å²) in [5.74, 6) is -0.126. The largest absolute Gasteiger partial charge is 0.410 e. The summed E-state index contributed by atoms with van der Waals surface area (Å²) in [4.78, 5) is 10.4. The van der Waals surface area contributed by atoms with Gasteiger partial charge in [0.05, 0.1) is 0 Å². The number of rotatable bonds is 4. The Balaban J connectivity index is 2.15. The lowest BCUT2D eigenvalue weighted by Crippen LogP contribution is -2.32. The van der Waals surface area contributed by atoms with Crippen molar-refractivity contribution < 1.29 is 13.2 Å². The highest BCUT2D eigenvalue weighted by Crippen LogP contribution is 2.30. The molecule has 0 aromatic carbocycles. The quantitative estimate of drug-likeness (QED) is 0.895. The number of hydrogen-bond donors (Lipinski definition) is 2. The predicted molar refractivity (Wildman–Crippen MR) is 63.5 cm³/mol. The Labute approximate surface area is 108 Å². The van der Waals surface area contributed by atoms with E-state index in [1.54, 1.807) is 24.5 Å². The Kier molecular flexibility index (Phi) is 3.84. The maximum absolute atomic E-state index is 12.7. The molecular weight excluding hydrogens is 257 g/mol. The van der Waals surface area contributed by atoms with Crippen LogP contribution in [-0.4, -0.2) is 28.2 Å². The number of pyridine rings is 1. The molecule has 0 fully saturated rings. The molecule has 1 atom stereocenters. The predicted octanol–water partition coefficient (Wildman–Crippen LogP) is 2.22. The maximum atomic E-state index is 12.7. The Morgan fingerprint density at radius 1 is 1.32 bits per heavy atom. The topological polar surface area (TPSA) is 53.6 Å². The normalized spacial score (nSPS) is 13.5. The molecule has 102 valence electrons. The Hall–Kier alpha value is -1.89. The van der Waals surface area contributed by atoms with E-state index in [0.29, 0.717) is 12.1 Å².